The first-order valence-electron chi connectivity index (χ1n) is 9.30. The van der Waals surface area contributed by atoms with Crippen molar-refractivity contribution < 1.29 is 22.7 Å². The lowest BCUT2D eigenvalue weighted by molar-refractivity contribution is -0.154. The van der Waals surface area contributed by atoms with Gasteiger partial charge in [0.2, 0.25) is 10.0 Å². The largest absolute Gasteiger partial charge is 0.453 e. The molecule has 1 atom stereocenters. The summed E-state index contributed by atoms with van der Waals surface area (Å²) in [4.78, 5) is 24.2. The number of amides is 1. The van der Waals surface area contributed by atoms with E-state index in [4.69, 9.17) is 4.74 Å². The van der Waals surface area contributed by atoms with Crippen LogP contribution in [0.3, 0.4) is 0 Å². The highest BCUT2D eigenvalue weighted by molar-refractivity contribution is 7.89. The number of hydrogen-bond acceptors (Lipinski definition) is 5. The van der Waals surface area contributed by atoms with Gasteiger partial charge in [-0.05, 0) is 63.8 Å². The maximum Gasteiger partial charge on any atom is 0.306 e. The molecule has 1 aromatic rings. The average Bonchev–Trinajstić information content (AvgIpc) is 3.06. The summed E-state index contributed by atoms with van der Waals surface area (Å²) in [5.74, 6) is -0.446. The minimum absolute atomic E-state index is 0.116. The number of anilines is 1. The van der Waals surface area contributed by atoms with Crippen molar-refractivity contribution in [1.29, 1.82) is 0 Å². The molecule has 0 bridgehead atoms. The van der Waals surface area contributed by atoms with E-state index < -0.39 is 22.0 Å². The Balaban J connectivity index is 1.88. The fraction of sp³-hybridized carbons (Fsp3) is 0.579. The van der Waals surface area contributed by atoms with Crippen LogP contribution in [0.1, 0.15) is 52.9 Å². The van der Waals surface area contributed by atoms with Crippen molar-refractivity contribution in [3.05, 3.63) is 24.3 Å². The van der Waals surface area contributed by atoms with Gasteiger partial charge in [-0.15, -0.1) is 0 Å². The third-order valence-electron chi connectivity index (χ3n) is 4.43. The minimum Gasteiger partial charge on any atom is -0.453 e. The van der Waals surface area contributed by atoms with Gasteiger partial charge in [0.25, 0.3) is 5.91 Å². The van der Waals surface area contributed by atoms with Crippen LogP contribution < -0.4 is 10.0 Å². The van der Waals surface area contributed by atoms with Gasteiger partial charge in [0.15, 0.2) is 6.10 Å². The number of benzene rings is 1. The first-order chi connectivity index (χ1) is 12.7. The molecule has 0 saturated heterocycles. The van der Waals surface area contributed by atoms with E-state index in [1.54, 1.807) is 13.8 Å². The third kappa shape index (κ3) is 6.62. The second-order valence-corrected chi connectivity index (χ2v) is 8.99. The number of ether oxygens (including phenoxy) is 1. The van der Waals surface area contributed by atoms with Gasteiger partial charge in [-0.25, -0.2) is 13.1 Å². The van der Waals surface area contributed by atoms with E-state index in [-0.39, 0.29) is 16.9 Å². The van der Waals surface area contributed by atoms with Gasteiger partial charge in [-0.2, -0.15) is 0 Å². The number of esters is 1. The molecule has 1 unspecified atom stereocenters. The topological polar surface area (TPSA) is 102 Å². The normalized spacial score (nSPS) is 16.3. The predicted octanol–water partition coefficient (Wildman–Crippen LogP) is 2.82. The average molecular weight is 397 g/mol. The molecule has 1 aliphatic carbocycles. The van der Waals surface area contributed by atoms with Crippen LogP contribution in [-0.4, -0.2) is 32.4 Å². The molecule has 0 spiro atoms. The van der Waals surface area contributed by atoms with Crippen LogP contribution in [-0.2, 0) is 24.3 Å². The van der Waals surface area contributed by atoms with Gasteiger partial charge in [-0.3, -0.25) is 9.59 Å². The molecule has 150 valence electrons. The number of sulfonamides is 1. The van der Waals surface area contributed by atoms with Crippen LogP contribution in [0.2, 0.25) is 0 Å². The van der Waals surface area contributed by atoms with Gasteiger partial charge >= 0.3 is 5.97 Å². The Kier molecular flexibility index (Phi) is 7.38. The molecule has 1 fully saturated rings. The first-order valence-corrected chi connectivity index (χ1v) is 10.8. The maximum atomic E-state index is 12.2. The fourth-order valence-electron chi connectivity index (χ4n) is 3.09. The van der Waals surface area contributed by atoms with E-state index in [1.807, 2.05) is 0 Å². The molecule has 0 aromatic heterocycles. The summed E-state index contributed by atoms with van der Waals surface area (Å²) < 4.78 is 31.9. The number of rotatable bonds is 8. The molecule has 7 nitrogen and oxygen atoms in total. The summed E-state index contributed by atoms with van der Waals surface area (Å²) in [6.07, 6.45) is 3.81. The number of carbonyl (C=O) groups excluding carboxylic acids is 2. The van der Waals surface area contributed by atoms with Crippen molar-refractivity contribution in [3.8, 4) is 0 Å². The summed E-state index contributed by atoms with van der Waals surface area (Å²) in [6, 6.07) is 5.61. The summed E-state index contributed by atoms with van der Waals surface area (Å²) in [5.41, 5.74) is 0.433. The lowest BCUT2D eigenvalue weighted by Gasteiger charge is -2.15. The second-order valence-electron chi connectivity index (χ2n) is 7.28. The summed E-state index contributed by atoms with van der Waals surface area (Å²) in [6.45, 7) is 5.00. The van der Waals surface area contributed by atoms with Gasteiger partial charge in [0.05, 0.1) is 4.90 Å². The van der Waals surface area contributed by atoms with Crippen LogP contribution in [0.5, 0.6) is 0 Å². The first kappa shape index (κ1) is 21.4. The zero-order valence-corrected chi connectivity index (χ0v) is 16.8. The van der Waals surface area contributed by atoms with Crippen molar-refractivity contribution in [3.63, 3.8) is 0 Å². The Morgan fingerprint density at radius 3 is 2.26 bits per heavy atom. The Morgan fingerprint density at radius 2 is 1.70 bits per heavy atom. The zero-order chi connectivity index (χ0) is 20.0. The lowest BCUT2D eigenvalue weighted by atomic mass is 10.0. The molecule has 0 radical (unpaired) electrons. The highest BCUT2D eigenvalue weighted by Gasteiger charge is 2.23. The van der Waals surface area contributed by atoms with Crippen LogP contribution in [0.15, 0.2) is 29.2 Å². The van der Waals surface area contributed by atoms with Crippen molar-refractivity contribution in [2.45, 2.75) is 69.9 Å². The molecule has 8 heteroatoms. The SMILES string of the molecule is CC(C)NS(=O)(=O)c1ccc(NC(=O)C(C)OC(=O)CC2CCCC2)cc1. The Morgan fingerprint density at radius 1 is 1.11 bits per heavy atom. The molecule has 1 aromatic carbocycles. The van der Waals surface area contributed by atoms with Crippen molar-refractivity contribution in [1.82, 2.24) is 4.72 Å². The van der Waals surface area contributed by atoms with Crippen LogP contribution in [0.4, 0.5) is 5.69 Å². The van der Waals surface area contributed by atoms with E-state index in [0.717, 1.165) is 25.7 Å². The van der Waals surface area contributed by atoms with Crippen LogP contribution in [0.25, 0.3) is 0 Å². The Hall–Kier alpha value is -1.93. The van der Waals surface area contributed by atoms with E-state index >= 15 is 0 Å². The molecular formula is C19H28N2O5S. The van der Waals surface area contributed by atoms with Gasteiger partial charge < -0.3 is 10.1 Å². The summed E-state index contributed by atoms with van der Waals surface area (Å²) >= 11 is 0. The fourth-order valence-corrected chi connectivity index (χ4v) is 4.34. The molecular weight excluding hydrogens is 368 g/mol. The van der Waals surface area contributed by atoms with Crippen molar-refractivity contribution in [2.75, 3.05) is 5.32 Å². The minimum atomic E-state index is -3.58. The number of nitrogens with one attached hydrogen (secondary N) is 2. The number of hydrogen-bond donors (Lipinski definition) is 2. The Labute approximate surface area is 160 Å². The molecule has 2 rings (SSSR count). The summed E-state index contributed by atoms with van der Waals surface area (Å²) in [7, 11) is -3.58. The summed E-state index contributed by atoms with van der Waals surface area (Å²) in [5, 5.41) is 2.63. The van der Waals surface area contributed by atoms with Crippen LogP contribution >= 0.6 is 0 Å². The molecule has 1 aliphatic rings. The highest BCUT2D eigenvalue weighted by atomic mass is 32.2. The molecule has 27 heavy (non-hydrogen) atoms. The van der Waals surface area contributed by atoms with E-state index in [9.17, 15) is 18.0 Å². The maximum absolute atomic E-state index is 12.2. The smallest absolute Gasteiger partial charge is 0.306 e. The molecule has 0 heterocycles. The molecule has 1 saturated carbocycles. The third-order valence-corrected chi connectivity index (χ3v) is 6.11. The predicted molar refractivity (Wildman–Crippen MR) is 103 cm³/mol. The van der Waals surface area contributed by atoms with Crippen molar-refractivity contribution in [2.24, 2.45) is 5.92 Å². The second kappa shape index (κ2) is 9.32. The van der Waals surface area contributed by atoms with Crippen LogP contribution in [0, 0.1) is 5.92 Å². The lowest BCUT2D eigenvalue weighted by Crippen LogP contribution is -2.31. The van der Waals surface area contributed by atoms with E-state index in [2.05, 4.69) is 10.0 Å². The molecule has 2 N–H and O–H groups in total. The highest BCUT2D eigenvalue weighted by Crippen LogP contribution is 2.27. The van der Waals surface area contributed by atoms with Crippen molar-refractivity contribution >= 4 is 27.6 Å². The zero-order valence-electron chi connectivity index (χ0n) is 16.0. The van der Waals surface area contributed by atoms with E-state index in [1.165, 1.54) is 31.2 Å². The van der Waals surface area contributed by atoms with E-state index in [0.29, 0.717) is 18.0 Å². The molecule has 1 amide bonds. The monoisotopic (exact) mass is 396 g/mol. The standard InChI is InChI=1S/C19H28N2O5S/c1-13(2)21-27(24,25)17-10-8-16(9-11-17)20-19(23)14(3)26-18(22)12-15-6-4-5-7-15/h8-11,13-15,21H,4-7,12H2,1-3H3,(H,20,23). The molecule has 0 aliphatic heterocycles. The van der Waals surface area contributed by atoms with Gasteiger partial charge in [0, 0.05) is 18.2 Å². The van der Waals surface area contributed by atoms with Gasteiger partial charge in [0.1, 0.15) is 0 Å². The quantitative estimate of drug-likeness (QED) is 0.658. The number of carbonyl (C=O) groups is 2. The van der Waals surface area contributed by atoms with Gasteiger partial charge in [-0.1, -0.05) is 12.8 Å². The Bertz CT molecular complexity index is 753.